The minimum Gasteiger partial charge on any atom is -0.459 e. The molecule has 0 aromatic heterocycles. The molecule has 1 N–H and O–H groups in total. The zero-order valence-corrected chi connectivity index (χ0v) is 34.5. The Bertz CT molecular complexity index is 1390. The van der Waals surface area contributed by atoms with E-state index in [1.165, 1.54) is 41.1 Å². The molecule has 3 aliphatic heterocycles. The van der Waals surface area contributed by atoms with Gasteiger partial charge in [0.2, 0.25) is 0 Å². The monoisotopic (exact) mass is 768 g/mol. The number of Topliss-reactive ketones (excluding diaryl/α,β-unsaturated/α-hetero) is 1. The van der Waals surface area contributed by atoms with Gasteiger partial charge in [-0.25, -0.2) is 0 Å². The van der Waals surface area contributed by atoms with Crippen LogP contribution in [0.1, 0.15) is 102 Å². The lowest BCUT2D eigenvalue weighted by molar-refractivity contribution is -0.311. The number of ether oxygens (including phenoxy) is 9. The Kier molecular flexibility index (Phi) is 15.6. The van der Waals surface area contributed by atoms with Crippen molar-refractivity contribution in [3.05, 3.63) is 23.8 Å². The first-order chi connectivity index (χ1) is 25.0. The lowest BCUT2D eigenvalue weighted by Gasteiger charge is -2.49. The van der Waals surface area contributed by atoms with Crippen LogP contribution in [0, 0.1) is 17.8 Å². The maximum absolute atomic E-state index is 14.2. The second-order valence-electron chi connectivity index (χ2n) is 15.9. The summed E-state index contributed by atoms with van der Waals surface area (Å²) in [5, 5.41) is 11.6. The number of hydrogen-bond donors (Lipinski definition) is 1. The van der Waals surface area contributed by atoms with Gasteiger partial charge in [0.05, 0.1) is 35.9 Å². The Morgan fingerprint density at radius 3 is 2.02 bits per heavy atom. The van der Waals surface area contributed by atoms with Crippen molar-refractivity contribution in [2.45, 2.75) is 174 Å². The van der Waals surface area contributed by atoms with Crippen molar-refractivity contribution in [2.24, 2.45) is 17.8 Å². The highest BCUT2D eigenvalue weighted by Gasteiger charge is 2.53. The van der Waals surface area contributed by atoms with E-state index in [-0.39, 0.29) is 25.0 Å². The summed E-state index contributed by atoms with van der Waals surface area (Å²) in [5.41, 5.74) is -3.64. The van der Waals surface area contributed by atoms with Crippen LogP contribution >= 0.6 is 0 Å². The number of esters is 3. The van der Waals surface area contributed by atoms with Crippen molar-refractivity contribution in [2.75, 3.05) is 14.2 Å². The fraction of sp³-hybridized carbons (Fsp3) is 0.800. The van der Waals surface area contributed by atoms with Gasteiger partial charge in [-0.1, -0.05) is 26.8 Å². The Hall–Kier alpha value is -2.72. The summed E-state index contributed by atoms with van der Waals surface area (Å²) < 4.78 is 55.5. The summed E-state index contributed by atoms with van der Waals surface area (Å²) >= 11 is 0. The van der Waals surface area contributed by atoms with Gasteiger partial charge in [-0.2, -0.15) is 0 Å². The number of carbonyl (C=O) groups excluding carboxylic acids is 4. The first-order valence-corrected chi connectivity index (χ1v) is 18.9. The third-order valence-corrected chi connectivity index (χ3v) is 11.1. The number of rotatable bonds is 9. The molecule has 1 fully saturated rings. The molecule has 308 valence electrons. The van der Waals surface area contributed by atoms with E-state index in [1.54, 1.807) is 60.6 Å². The maximum atomic E-state index is 14.2. The summed E-state index contributed by atoms with van der Waals surface area (Å²) in [6.07, 6.45) is -2.37. The van der Waals surface area contributed by atoms with Gasteiger partial charge >= 0.3 is 17.9 Å². The highest BCUT2D eigenvalue weighted by molar-refractivity contribution is 5.96. The van der Waals surface area contributed by atoms with Crippen molar-refractivity contribution < 1.29 is 66.9 Å². The molecule has 0 aromatic carbocycles. The molecular formula is C40H64O14. The standard InChI is InChI=1S/C40H64O14/c1-15-30-38(10,45)18-21(2)32(43)22(3)19-39(11,46-13)34(54-37-29(50-27(8)41)17-16-23(4)48-37)24(5)33(25(6)36(44)52-30)53-31-20-40(12,47-14)35(26(7)49-31)51-28(9)42/h16-18,22-26,29-31,33-35,37,45H,15,19-20H2,1-14H3/b21-18+/t22-,23-,24+,25-,26+,29-,30-,31+,33+,34-,35+,37+,38+,39-,40-/m1/s1. The fourth-order valence-corrected chi connectivity index (χ4v) is 8.09. The van der Waals surface area contributed by atoms with Crippen LogP contribution in [0.4, 0.5) is 0 Å². The first-order valence-electron chi connectivity index (χ1n) is 18.9. The summed E-state index contributed by atoms with van der Waals surface area (Å²) in [6.45, 7) is 20.0. The predicted octanol–water partition coefficient (Wildman–Crippen LogP) is 4.77. The van der Waals surface area contributed by atoms with Crippen molar-refractivity contribution in [3.8, 4) is 0 Å². The number of hydrogen-bond acceptors (Lipinski definition) is 14. The molecule has 3 aliphatic rings. The van der Waals surface area contributed by atoms with Gasteiger partial charge in [-0.3, -0.25) is 19.2 Å². The fourth-order valence-electron chi connectivity index (χ4n) is 8.09. The normalized spacial score (nSPS) is 43.6. The first kappa shape index (κ1) is 45.7. The van der Waals surface area contributed by atoms with Crippen LogP contribution < -0.4 is 0 Å². The van der Waals surface area contributed by atoms with E-state index in [9.17, 15) is 24.3 Å². The molecule has 0 unspecified atom stereocenters. The average Bonchev–Trinajstić information content (AvgIpc) is 3.08. The van der Waals surface area contributed by atoms with E-state index in [2.05, 4.69) is 0 Å². The summed E-state index contributed by atoms with van der Waals surface area (Å²) in [7, 11) is 3.02. The molecule has 0 bridgehead atoms. The quantitative estimate of drug-likeness (QED) is 0.193. The Morgan fingerprint density at radius 2 is 1.46 bits per heavy atom. The van der Waals surface area contributed by atoms with Crippen LogP contribution in [-0.4, -0.2) is 115 Å². The minimum atomic E-state index is -1.67. The zero-order chi connectivity index (χ0) is 40.9. The topological polar surface area (TPSA) is 172 Å². The van der Waals surface area contributed by atoms with E-state index in [0.29, 0.717) is 5.57 Å². The Balaban J connectivity index is 2.23. The van der Waals surface area contributed by atoms with Gasteiger partial charge in [-0.15, -0.1) is 0 Å². The molecule has 1 saturated heterocycles. The molecule has 0 saturated carbocycles. The van der Waals surface area contributed by atoms with E-state index >= 15 is 0 Å². The predicted molar refractivity (Wildman–Crippen MR) is 196 cm³/mol. The summed E-state index contributed by atoms with van der Waals surface area (Å²) in [4.78, 5) is 52.3. The van der Waals surface area contributed by atoms with Crippen LogP contribution in [0.5, 0.6) is 0 Å². The van der Waals surface area contributed by atoms with E-state index in [0.717, 1.165) is 0 Å². The van der Waals surface area contributed by atoms with Gasteiger partial charge in [-0.05, 0) is 79.0 Å². The molecule has 0 aliphatic carbocycles. The molecule has 0 radical (unpaired) electrons. The molecule has 15 atom stereocenters. The SMILES string of the molecule is CC[C@H]1OC(=O)[C@H](C)[C@@H](O[C@H]2C[C@@](C)(OC)[C@@H](OC(C)=O)[C@H](C)O2)[C@H](C)[C@@H](O[C@@H]2O[C@H](C)C=C[C@H]2OC(C)=O)[C@](C)(OC)C[C@@H](C)C(=O)/C(C)=C/[C@]1(C)O. The molecule has 14 heteroatoms. The van der Waals surface area contributed by atoms with E-state index < -0.39 is 108 Å². The third kappa shape index (κ3) is 10.8. The van der Waals surface area contributed by atoms with Gasteiger partial charge in [0.1, 0.15) is 17.3 Å². The Morgan fingerprint density at radius 1 is 0.870 bits per heavy atom. The van der Waals surface area contributed by atoms with Gasteiger partial charge in [0.15, 0.2) is 30.6 Å². The summed E-state index contributed by atoms with van der Waals surface area (Å²) in [5.74, 6) is -4.28. The highest BCUT2D eigenvalue weighted by Crippen LogP contribution is 2.41. The van der Waals surface area contributed by atoms with Crippen LogP contribution in [-0.2, 0) is 61.8 Å². The number of cyclic esters (lactones) is 1. The van der Waals surface area contributed by atoms with Gasteiger partial charge in [0, 0.05) is 46.3 Å². The van der Waals surface area contributed by atoms with Crippen LogP contribution in [0.3, 0.4) is 0 Å². The number of ketones is 1. The smallest absolute Gasteiger partial charge is 0.311 e. The molecule has 14 nitrogen and oxygen atoms in total. The maximum Gasteiger partial charge on any atom is 0.311 e. The summed E-state index contributed by atoms with van der Waals surface area (Å²) in [6, 6.07) is 0. The number of aliphatic hydroxyl groups is 1. The molecule has 3 rings (SSSR count). The molecule has 54 heavy (non-hydrogen) atoms. The van der Waals surface area contributed by atoms with Crippen molar-refractivity contribution in [1.29, 1.82) is 0 Å². The third-order valence-electron chi connectivity index (χ3n) is 11.1. The largest absolute Gasteiger partial charge is 0.459 e. The number of allylic oxidation sites excluding steroid dienone is 1. The lowest BCUT2D eigenvalue weighted by Crippen LogP contribution is -2.60. The van der Waals surface area contributed by atoms with E-state index in [1.807, 2.05) is 13.8 Å². The second-order valence-corrected chi connectivity index (χ2v) is 15.9. The second kappa shape index (κ2) is 18.5. The average molecular weight is 769 g/mol. The van der Waals surface area contributed by atoms with Crippen LogP contribution in [0.2, 0.25) is 0 Å². The number of methoxy groups -OCH3 is 2. The van der Waals surface area contributed by atoms with Gasteiger partial charge in [0.25, 0.3) is 0 Å². The molecule has 0 aromatic rings. The van der Waals surface area contributed by atoms with E-state index in [4.69, 9.17) is 42.6 Å². The highest BCUT2D eigenvalue weighted by atomic mass is 16.7. The zero-order valence-electron chi connectivity index (χ0n) is 34.5. The molecule has 0 amide bonds. The van der Waals surface area contributed by atoms with Crippen molar-refractivity contribution >= 4 is 23.7 Å². The minimum absolute atomic E-state index is 0.119. The van der Waals surface area contributed by atoms with Crippen LogP contribution in [0.25, 0.3) is 0 Å². The molecular weight excluding hydrogens is 704 g/mol. The number of carbonyl (C=O) groups is 4. The van der Waals surface area contributed by atoms with Crippen molar-refractivity contribution in [1.82, 2.24) is 0 Å². The molecule has 3 heterocycles. The molecule has 0 spiro atoms. The van der Waals surface area contributed by atoms with Crippen LogP contribution in [0.15, 0.2) is 23.8 Å². The lowest BCUT2D eigenvalue weighted by atomic mass is 9.76. The van der Waals surface area contributed by atoms with Crippen molar-refractivity contribution in [3.63, 3.8) is 0 Å². The van der Waals surface area contributed by atoms with Gasteiger partial charge < -0.3 is 47.7 Å². The Labute approximate surface area is 320 Å².